The smallest absolute Gasteiger partial charge is 0.333 e. The van der Waals surface area contributed by atoms with Gasteiger partial charge in [-0.15, -0.1) is 6.58 Å². The van der Waals surface area contributed by atoms with Crippen LogP contribution >= 0.6 is 0 Å². The fourth-order valence-corrected chi connectivity index (χ4v) is 1.56. The summed E-state index contributed by atoms with van der Waals surface area (Å²) in [5.74, 6) is -0.268. The lowest BCUT2D eigenvalue weighted by atomic mass is 10.3. The SMILES string of the molecule is C=CCNC(=O)c1cc[n+](CCNS(=O)(=O)O)nc1. The Morgan fingerprint density at radius 2 is 2.32 bits per heavy atom. The summed E-state index contributed by atoms with van der Waals surface area (Å²) < 4.78 is 32.6. The van der Waals surface area contributed by atoms with Gasteiger partial charge in [-0.05, 0) is 5.10 Å². The van der Waals surface area contributed by atoms with E-state index >= 15 is 0 Å². The minimum Gasteiger partial charge on any atom is -0.349 e. The standard InChI is InChI=1S/C10H14N4O4S/c1-2-4-11-10(15)9-3-6-14(12-8-9)7-5-13-19(16,17)18/h2-3,6,8,13H,1,4-5,7H2,(H-,11,15,16,17,18)/p+1. The molecule has 0 unspecified atom stereocenters. The lowest BCUT2D eigenvalue weighted by Gasteiger charge is -2.00. The summed E-state index contributed by atoms with van der Waals surface area (Å²) in [7, 11) is -4.19. The number of hydrogen-bond donors (Lipinski definition) is 3. The Bertz CT molecular complexity index is 541. The van der Waals surface area contributed by atoms with Gasteiger partial charge in [0.25, 0.3) is 5.91 Å². The molecule has 0 aromatic carbocycles. The van der Waals surface area contributed by atoms with Crippen LogP contribution in [0.3, 0.4) is 0 Å². The molecule has 0 saturated carbocycles. The van der Waals surface area contributed by atoms with Crippen LogP contribution in [0.5, 0.6) is 0 Å². The molecule has 8 nitrogen and oxygen atoms in total. The van der Waals surface area contributed by atoms with Gasteiger partial charge in [-0.2, -0.15) is 13.1 Å². The highest BCUT2D eigenvalue weighted by molar-refractivity contribution is 7.83. The minimum atomic E-state index is -4.19. The molecule has 1 rings (SSSR count). The lowest BCUT2D eigenvalue weighted by Crippen LogP contribution is -2.43. The van der Waals surface area contributed by atoms with Gasteiger partial charge in [0.1, 0.15) is 6.20 Å². The summed E-state index contributed by atoms with van der Waals surface area (Å²) in [6.07, 6.45) is 4.47. The molecule has 1 heterocycles. The Balaban J connectivity index is 2.52. The molecular formula is C10H15N4O4S+. The Kier molecular flexibility index (Phi) is 5.55. The first-order valence-electron chi connectivity index (χ1n) is 5.39. The molecule has 1 aromatic heterocycles. The maximum absolute atomic E-state index is 11.5. The average molecular weight is 287 g/mol. The molecule has 0 fully saturated rings. The zero-order chi connectivity index (χ0) is 14.3. The van der Waals surface area contributed by atoms with E-state index in [-0.39, 0.29) is 19.0 Å². The predicted octanol–water partition coefficient (Wildman–Crippen LogP) is -1.32. The molecule has 0 aliphatic carbocycles. The van der Waals surface area contributed by atoms with Crippen LogP contribution in [0, 0.1) is 0 Å². The molecule has 9 heteroatoms. The first kappa shape index (κ1) is 15.2. The molecule has 1 aromatic rings. The maximum atomic E-state index is 11.5. The van der Waals surface area contributed by atoms with Crippen LogP contribution in [-0.2, 0) is 16.8 Å². The number of hydrogen-bond acceptors (Lipinski definition) is 4. The fourth-order valence-electron chi connectivity index (χ4n) is 1.21. The molecule has 104 valence electrons. The van der Waals surface area contributed by atoms with Crippen molar-refractivity contribution < 1.29 is 22.4 Å². The quantitative estimate of drug-likeness (QED) is 0.327. The van der Waals surface area contributed by atoms with Crippen molar-refractivity contribution in [3.63, 3.8) is 0 Å². The van der Waals surface area contributed by atoms with Gasteiger partial charge < -0.3 is 5.32 Å². The van der Waals surface area contributed by atoms with Crippen molar-refractivity contribution in [3.05, 3.63) is 36.7 Å². The summed E-state index contributed by atoms with van der Waals surface area (Å²) in [4.78, 5) is 11.5. The molecule has 0 aliphatic heterocycles. The predicted molar refractivity (Wildman–Crippen MR) is 66.5 cm³/mol. The van der Waals surface area contributed by atoms with Crippen LogP contribution in [0.15, 0.2) is 31.1 Å². The highest BCUT2D eigenvalue weighted by Gasteiger charge is 2.10. The van der Waals surface area contributed by atoms with E-state index in [1.807, 2.05) is 4.72 Å². The third-order valence-electron chi connectivity index (χ3n) is 2.07. The second-order valence-electron chi connectivity index (χ2n) is 3.55. The third kappa shape index (κ3) is 6.04. The normalized spacial score (nSPS) is 11.0. The molecule has 0 bridgehead atoms. The second kappa shape index (κ2) is 6.92. The molecular weight excluding hydrogens is 272 g/mol. The minimum absolute atomic E-state index is 0.00148. The third-order valence-corrected chi connectivity index (χ3v) is 2.63. The monoisotopic (exact) mass is 287 g/mol. The van der Waals surface area contributed by atoms with E-state index in [0.717, 1.165) is 0 Å². The van der Waals surface area contributed by atoms with Crippen LogP contribution < -0.4 is 14.7 Å². The van der Waals surface area contributed by atoms with Crippen molar-refractivity contribution in [2.45, 2.75) is 6.54 Å². The van der Waals surface area contributed by atoms with E-state index in [2.05, 4.69) is 17.0 Å². The van der Waals surface area contributed by atoms with Gasteiger partial charge in [0.2, 0.25) is 0 Å². The van der Waals surface area contributed by atoms with Gasteiger partial charge in [0.05, 0.1) is 12.1 Å². The van der Waals surface area contributed by atoms with Crippen LogP contribution in [0.4, 0.5) is 0 Å². The molecule has 0 radical (unpaired) electrons. The maximum Gasteiger partial charge on any atom is 0.333 e. The van der Waals surface area contributed by atoms with Gasteiger partial charge in [-0.1, -0.05) is 10.8 Å². The van der Waals surface area contributed by atoms with Gasteiger partial charge >= 0.3 is 10.3 Å². The largest absolute Gasteiger partial charge is 0.349 e. The summed E-state index contributed by atoms with van der Waals surface area (Å²) in [5.41, 5.74) is 0.390. The van der Waals surface area contributed by atoms with Gasteiger partial charge in [-0.25, -0.2) is 0 Å². The number of aromatic nitrogens is 2. The highest BCUT2D eigenvalue weighted by Crippen LogP contribution is 1.92. The zero-order valence-electron chi connectivity index (χ0n) is 10.1. The summed E-state index contributed by atoms with van der Waals surface area (Å²) in [6.45, 7) is 4.08. The van der Waals surface area contributed by atoms with E-state index in [4.69, 9.17) is 4.55 Å². The van der Waals surface area contributed by atoms with E-state index < -0.39 is 10.3 Å². The van der Waals surface area contributed by atoms with Gasteiger partial charge in [-0.3, -0.25) is 9.35 Å². The van der Waals surface area contributed by atoms with Gasteiger partial charge in [0.15, 0.2) is 12.7 Å². The van der Waals surface area contributed by atoms with Crippen molar-refractivity contribution in [1.82, 2.24) is 15.1 Å². The Hall–Kier alpha value is -1.84. The van der Waals surface area contributed by atoms with E-state index in [9.17, 15) is 13.2 Å². The zero-order valence-corrected chi connectivity index (χ0v) is 10.9. The number of carbonyl (C=O) groups excluding carboxylic acids is 1. The van der Waals surface area contributed by atoms with Crippen molar-refractivity contribution in [1.29, 1.82) is 0 Å². The Morgan fingerprint density at radius 3 is 2.84 bits per heavy atom. The number of rotatable bonds is 7. The van der Waals surface area contributed by atoms with Crippen LogP contribution in [0.25, 0.3) is 0 Å². The van der Waals surface area contributed by atoms with Crippen molar-refractivity contribution in [2.75, 3.05) is 13.1 Å². The first-order chi connectivity index (χ1) is 8.92. The number of nitrogens with zero attached hydrogens (tertiary/aromatic N) is 2. The van der Waals surface area contributed by atoms with E-state index in [0.29, 0.717) is 12.1 Å². The van der Waals surface area contributed by atoms with Crippen LogP contribution in [0.1, 0.15) is 10.4 Å². The number of nitrogens with one attached hydrogen (secondary N) is 2. The summed E-state index contributed by atoms with van der Waals surface area (Å²) in [6, 6.07) is 1.55. The molecule has 0 atom stereocenters. The van der Waals surface area contributed by atoms with E-state index in [1.165, 1.54) is 17.1 Å². The molecule has 19 heavy (non-hydrogen) atoms. The summed E-state index contributed by atoms with van der Waals surface area (Å²) >= 11 is 0. The molecule has 0 aliphatic rings. The van der Waals surface area contributed by atoms with Crippen LogP contribution in [-0.4, -0.2) is 37.1 Å². The topological polar surface area (TPSA) is 112 Å². The van der Waals surface area contributed by atoms with E-state index in [1.54, 1.807) is 12.1 Å². The molecule has 0 spiro atoms. The average Bonchev–Trinajstić information content (AvgIpc) is 2.35. The lowest BCUT2D eigenvalue weighted by molar-refractivity contribution is -0.752. The molecule has 1 amide bonds. The fraction of sp³-hybridized carbons (Fsp3) is 0.300. The summed E-state index contributed by atoms with van der Waals surface area (Å²) in [5, 5.41) is 6.54. The van der Waals surface area contributed by atoms with Crippen molar-refractivity contribution >= 4 is 16.2 Å². The first-order valence-corrected chi connectivity index (χ1v) is 6.83. The second-order valence-corrected chi connectivity index (χ2v) is 4.79. The highest BCUT2D eigenvalue weighted by atomic mass is 32.2. The van der Waals surface area contributed by atoms with Crippen molar-refractivity contribution in [3.8, 4) is 0 Å². The molecule has 0 saturated heterocycles. The Labute approximate surface area is 111 Å². The van der Waals surface area contributed by atoms with Crippen molar-refractivity contribution in [2.24, 2.45) is 0 Å². The number of carbonyl (C=O) groups is 1. The Morgan fingerprint density at radius 1 is 1.58 bits per heavy atom. The van der Waals surface area contributed by atoms with Gasteiger partial charge in [0, 0.05) is 12.6 Å². The number of amides is 1. The molecule has 3 N–H and O–H groups in total. The van der Waals surface area contributed by atoms with Crippen LogP contribution in [0.2, 0.25) is 0 Å².